The van der Waals surface area contributed by atoms with Crippen molar-refractivity contribution in [2.45, 2.75) is 43.6 Å². The van der Waals surface area contributed by atoms with Gasteiger partial charge >= 0.3 is 0 Å². The molecular weight excluding hydrogens is 328 g/mol. The second kappa shape index (κ2) is 8.71. The van der Waals surface area contributed by atoms with Crippen molar-refractivity contribution in [3.8, 4) is 0 Å². The lowest BCUT2D eigenvalue weighted by molar-refractivity contribution is 0.0209. The monoisotopic (exact) mass is 354 g/mol. The van der Waals surface area contributed by atoms with Gasteiger partial charge in [-0.15, -0.1) is 0 Å². The van der Waals surface area contributed by atoms with Gasteiger partial charge in [-0.25, -0.2) is 8.42 Å². The second-order valence-electron chi connectivity index (χ2n) is 5.92. The van der Waals surface area contributed by atoms with Crippen LogP contribution < -0.4 is 5.73 Å². The van der Waals surface area contributed by atoms with Gasteiger partial charge in [-0.05, 0) is 37.9 Å². The summed E-state index contributed by atoms with van der Waals surface area (Å²) in [6.07, 6.45) is 2.62. The van der Waals surface area contributed by atoms with Crippen LogP contribution >= 0.6 is 0 Å². The molecule has 0 atom stereocenters. The van der Waals surface area contributed by atoms with E-state index in [9.17, 15) is 13.2 Å². The first-order valence-electron chi connectivity index (χ1n) is 8.44. The lowest BCUT2D eigenvalue weighted by Crippen LogP contribution is -2.41. The van der Waals surface area contributed by atoms with Crippen molar-refractivity contribution in [3.63, 3.8) is 0 Å². The van der Waals surface area contributed by atoms with Gasteiger partial charge in [0.05, 0.1) is 11.0 Å². The van der Waals surface area contributed by atoms with Gasteiger partial charge in [-0.2, -0.15) is 4.31 Å². The molecule has 0 aliphatic carbocycles. The van der Waals surface area contributed by atoms with E-state index in [4.69, 9.17) is 10.5 Å². The molecule has 0 amide bonds. The van der Waals surface area contributed by atoms with Gasteiger partial charge in [0.15, 0.2) is 5.78 Å². The van der Waals surface area contributed by atoms with Crippen molar-refractivity contribution >= 4 is 15.8 Å². The molecule has 1 aliphatic heterocycles. The van der Waals surface area contributed by atoms with Crippen LogP contribution in [0.2, 0.25) is 0 Å². The van der Waals surface area contributed by atoms with E-state index in [1.54, 1.807) is 25.1 Å². The number of ether oxygens (including phenoxy) is 1. The second-order valence-corrected chi connectivity index (χ2v) is 7.86. The SMILES string of the molecule is CCC(=O)c1cccc(S(=O)(=O)N2CCC(OCCCN)CC2)c1. The van der Waals surface area contributed by atoms with Gasteiger partial charge < -0.3 is 10.5 Å². The van der Waals surface area contributed by atoms with Crippen LogP contribution in [0.3, 0.4) is 0 Å². The molecule has 1 aromatic rings. The van der Waals surface area contributed by atoms with Gasteiger partial charge in [-0.3, -0.25) is 4.79 Å². The molecule has 1 aromatic carbocycles. The number of nitrogens with zero attached hydrogens (tertiary/aromatic N) is 1. The van der Waals surface area contributed by atoms with Gasteiger partial charge in [0.1, 0.15) is 0 Å². The van der Waals surface area contributed by atoms with Gasteiger partial charge in [0, 0.05) is 31.7 Å². The third kappa shape index (κ3) is 4.63. The Morgan fingerprint density at radius 2 is 2.04 bits per heavy atom. The number of carbonyl (C=O) groups is 1. The van der Waals surface area contributed by atoms with Crippen LogP contribution in [0.1, 0.15) is 43.0 Å². The molecule has 0 radical (unpaired) electrons. The summed E-state index contributed by atoms with van der Waals surface area (Å²) in [4.78, 5) is 12.0. The van der Waals surface area contributed by atoms with E-state index in [1.165, 1.54) is 10.4 Å². The predicted octanol–water partition coefficient (Wildman–Crippen LogP) is 1.80. The smallest absolute Gasteiger partial charge is 0.243 e. The van der Waals surface area contributed by atoms with Crippen LogP contribution in [0.5, 0.6) is 0 Å². The summed E-state index contributed by atoms with van der Waals surface area (Å²) in [5, 5.41) is 0. The standard InChI is InChI=1S/C17H26N2O4S/c1-2-17(20)14-5-3-6-16(13-14)24(21,22)19-10-7-15(8-11-19)23-12-4-9-18/h3,5-6,13,15H,2,4,7-12,18H2,1H3. The number of benzene rings is 1. The molecule has 0 spiro atoms. The highest BCUT2D eigenvalue weighted by atomic mass is 32.2. The molecule has 1 fully saturated rings. The topological polar surface area (TPSA) is 89.7 Å². The van der Waals surface area contributed by atoms with Crippen molar-refractivity contribution in [1.82, 2.24) is 4.31 Å². The highest BCUT2D eigenvalue weighted by Crippen LogP contribution is 2.23. The Morgan fingerprint density at radius 3 is 2.67 bits per heavy atom. The van der Waals surface area contributed by atoms with Crippen LogP contribution in [0.4, 0.5) is 0 Å². The van der Waals surface area contributed by atoms with E-state index in [0.717, 1.165) is 6.42 Å². The summed E-state index contributed by atoms with van der Waals surface area (Å²) in [6, 6.07) is 6.30. The molecule has 0 unspecified atom stereocenters. The zero-order valence-corrected chi connectivity index (χ0v) is 14.9. The van der Waals surface area contributed by atoms with Crippen LogP contribution in [0.15, 0.2) is 29.2 Å². The molecular formula is C17H26N2O4S. The lowest BCUT2D eigenvalue weighted by Gasteiger charge is -2.31. The Labute approximate surface area is 144 Å². The fourth-order valence-electron chi connectivity index (χ4n) is 2.76. The molecule has 7 heteroatoms. The first-order chi connectivity index (χ1) is 11.5. The van der Waals surface area contributed by atoms with Crippen LogP contribution in [0.25, 0.3) is 0 Å². The largest absolute Gasteiger partial charge is 0.378 e. The van der Waals surface area contributed by atoms with E-state index in [0.29, 0.717) is 51.1 Å². The van der Waals surface area contributed by atoms with Crippen molar-refractivity contribution in [2.24, 2.45) is 5.73 Å². The number of ketones is 1. The fraction of sp³-hybridized carbons (Fsp3) is 0.588. The highest BCUT2D eigenvalue weighted by Gasteiger charge is 2.30. The average molecular weight is 354 g/mol. The van der Waals surface area contributed by atoms with Crippen LogP contribution in [0, 0.1) is 0 Å². The number of piperidine rings is 1. The number of hydrogen-bond donors (Lipinski definition) is 1. The van der Waals surface area contributed by atoms with E-state index in [-0.39, 0.29) is 16.8 Å². The summed E-state index contributed by atoms with van der Waals surface area (Å²) < 4.78 is 32.7. The maximum absolute atomic E-state index is 12.8. The molecule has 2 rings (SSSR count). The van der Waals surface area contributed by atoms with Crippen molar-refractivity contribution in [1.29, 1.82) is 0 Å². The number of sulfonamides is 1. The summed E-state index contributed by atoms with van der Waals surface area (Å²) >= 11 is 0. The van der Waals surface area contributed by atoms with Crippen molar-refractivity contribution < 1.29 is 17.9 Å². The van der Waals surface area contributed by atoms with Crippen LogP contribution in [-0.4, -0.2) is 50.9 Å². The third-order valence-electron chi connectivity index (χ3n) is 4.22. The third-order valence-corrected chi connectivity index (χ3v) is 6.11. The Morgan fingerprint density at radius 1 is 1.33 bits per heavy atom. The van der Waals surface area contributed by atoms with Gasteiger partial charge in [0.2, 0.25) is 10.0 Å². The number of rotatable bonds is 8. The van der Waals surface area contributed by atoms with E-state index >= 15 is 0 Å². The van der Waals surface area contributed by atoms with E-state index in [2.05, 4.69) is 0 Å². The fourth-order valence-corrected chi connectivity index (χ4v) is 4.27. The first-order valence-corrected chi connectivity index (χ1v) is 9.88. The molecule has 0 aromatic heterocycles. The molecule has 1 heterocycles. The maximum Gasteiger partial charge on any atom is 0.243 e. The molecule has 6 nitrogen and oxygen atoms in total. The number of nitrogens with two attached hydrogens (primary N) is 1. The summed E-state index contributed by atoms with van der Waals surface area (Å²) in [7, 11) is -3.57. The molecule has 2 N–H and O–H groups in total. The van der Waals surface area contributed by atoms with Crippen molar-refractivity contribution in [2.75, 3.05) is 26.2 Å². The van der Waals surface area contributed by atoms with Crippen molar-refractivity contribution in [3.05, 3.63) is 29.8 Å². The Bertz CT molecular complexity index is 652. The van der Waals surface area contributed by atoms with E-state index < -0.39 is 10.0 Å². The minimum atomic E-state index is -3.57. The zero-order valence-electron chi connectivity index (χ0n) is 14.1. The molecule has 24 heavy (non-hydrogen) atoms. The molecule has 0 saturated carbocycles. The molecule has 0 bridgehead atoms. The number of hydrogen-bond acceptors (Lipinski definition) is 5. The molecule has 1 saturated heterocycles. The zero-order chi connectivity index (χ0) is 17.6. The van der Waals surface area contributed by atoms with Crippen LogP contribution in [-0.2, 0) is 14.8 Å². The molecule has 1 aliphatic rings. The normalized spacial score (nSPS) is 17.1. The summed E-state index contributed by atoms with van der Waals surface area (Å²) in [6.45, 7) is 3.84. The number of Topliss-reactive ketones (excluding diaryl/α,β-unsaturated/α-hetero) is 1. The Hall–Kier alpha value is -1.28. The quantitative estimate of drug-likeness (QED) is 0.568. The number of carbonyl (C=O) groups excluding carboxylic acids is 1. The predicted molar refractivity (Wildman–Crippen MR) is 92.5 cm³/mol. The first kappa shape index (κ1) is 19.1. The van der Waals surface area contributed by atoms with Gasteiger partial charge in [-0.1, -0.05) is 19.1 Å². The lowest BCUT2D eigenvalue weighted by atomic mass is 10.1. The minimum absolute atomic E-state index is 0.0564. The summed E-state index contributed by atoms with van der Waals surface area (Å²) in [5.41, 5.74) is 5.88. The van der Waals surface area contributed by atoms with E-state index in [1.807, 2.05) is 0 Å². The minimum Gasteiger partial charge on any atom is -0.378 e. The van der Waals surface area contributed by atoms with Gasteiger partial charge in [0.25, 0.3) is 0 Å². The Balaban J connectivity index is 2.03. The Kier molecular flexibility index (Phi) is 6.91. The molecule has 134 valence electrons. The maximum atomic E-state index is 12.8. The average Bonchev–Trinajstić information content (AvgIpc) is 2.62. The highest BCUT2D eigenvalue weighted by molar-refractivity contribution is 7.89. The summed E-state index contributed by atoms with van der Waals surface area (Å²) in [5.74, 6) is -0.0564.